The van der Waals surface area contributed by atoms with Crippen molar-refractivity contribution in [1.29, 1.82) is 0 Å². The first-order valence-corrected chi connectivity index (χ1v) is 6.33. The number of halogens is 3. The van der Waals surface area contributed by atoms with E-state index in [4.69, 9.17) is 0 Å². The van der Waals surface area contributed by atoms with Gasteiger partial charge in [0.1, 0.15) is 0 Å². The van der Waals surface area contributed by atoms with Crippen molar-refractivity contribution in [3.05, 3.63) is 34.2 Å². The highest BCUT2D eigenvalue weighted by molar-refractivity contribution is 5.13. The Balaban J connectivity index is 2.17. The molecule has 1 unspecified atom stereocenters. The van der Waals surface area contributed by atoms with Gasteiger partial charge in [0, 0.05) is 12.3 Å². The molecular weight excluding hydrogens is 259 g/mol. The van der Waals surface area contributed by atoms with Gasteiger partial charge in [-0.1, -0.05) is 12.8 Å². The van der Waals surface area contributed by atoms with Gasteiger partial charge in [-0.05, 0) is 24.8 Å². The normalized spacial score (nSPS) is 18.7. The SMILES string of the molecule is O=c1ccc(C(F)(F)F)cn1CC(O)C1CCCC1. The van der Waals surface area contributed by atoms with Crippen molar-refractivity contribution in [2.45, 2.75) is 44.5 Å². The fraction of sp³-hybridized carbons (Fsp3) is 0.615. The molecule has 6 heteroatoms. The van der Waals surface area contributed by atoms with Crippen LogP contribution in [0.2, 0.25) is 0 Å². The Morgan fingerprint density at radius 1 is 1.32 bits per heavy atom. The molecule has 1 fully saturated rings. The number of alkyl halides is 3. The number of aliphatic hydroxyl groups is 1. The minimum atomic E-state index is -4.48. The lowest BCUT2D eigenvalue weighted by Gasteiger charge is -2.19. The molecule has 0 amide bonds. The minimum Gasteiger partial charge on any atom is -0.391 e. The quantitative estimate of drug-likeness (QED) is 0.920. The molecule has 1 aliphatic rings. The van der Waals surface area contributed by atoms with Crippen molar-refractivity contribution in [3.8, 4) is 0 Å². The molecule has 2 rings (SSSR count). The molecule has 0 aromatic carbocycles. The zero-order chi connectivity index (χ0) is 14.0. The average Bonchev–Trinajstić information content (AvgIpc) is 2.84. The Bertz CT molecular complexity index is 489. The lowest BCUT2D eigenvalue weighted by atomic mass is 10.0. The van der Waals surface area contributed by atoms with Crippen molar-refractivity contribution in [1.82, 2.24) is 4.57 Å². The van der Waals surface area contributed by atoms with Crippen molar-refractivity contribution in [3.63, 3.8) is 0 Å². The molecule has 1 N–H and O–H groups in total. The zero-order valence-corrected chi connectivity index (χ0v) is 10.4. The summed E-state index contributed by atoms with van der Waals surface area (Å²) in [6.07, 6.45) is -0.667. The third kappa shape index (κ3) is 3.37. The van der Waals surface area contributed by atoms with E-state index in [1.165, 1.54) is 0 Å². The first-order chi connectivity index (χ1) is 8.88. The summed E-state index contributed by atoms with van der Waals surface area (Å²) in [5, 5.41) is 9.98. The number of pyridine rings is 1. The molecule has 1 saturated carbocycles. The molecule has 1 heterocycles. The van der Waals surface area contributed by atoms with E-state index in [-0.39, 0.29) is 12.5 Å². The van der Waals surface area contributed by atoms with Crippen LogP contribution < -0.4 is 5.56 Å². The largest absolute Gasteiger partial charge is 0.417 e. The molecule has 0 aliphatic heterocycles. The van der Waals surface area contributed by atoms with E-state index in [1.54, 1.807) is 0 Å². The summed E-state index contributed by atoms with van der Waals surface area (Å²) in [4.78, 5) is 11.5. The summed E-state index contributed by atoms with van der Waals surface area (Å²) in [6.45, 7) is -0.0760. The van der Waals surface area contributed by atoms with Gasteiger partial charge in [-0.2, -0.15) is 13.2 Å². The number of aliphatic hydroxyl groups excluding tert-OH is 1. The summed E-state index contributed by atoms with van der Waals surface area (Å²) >= 11 is 0. The van der Waals surface area contributed by atoms with Crippen LogP contribution in [0.5, 0.6) is 0 Å². The van der Waals surface area contributed by atoms with Crippen molar-refractivity contribution in [2.75, 3.05) is 0 Å². The lowest BCUT2D eigenvalue weighted by molar-refractivity contribution is -0.138. The summed E-state index contributed by atoms with van der Waals surface area (Å²) in [7, 11) is 0. The molecule has 1 atom stereocenters. The number of hydrogen-bond donors (Lipinski definition) is 1. The van der Waals surface area contributed by atoms with Crippen LogP contribution in [0.4, 0.5) is 13.2 Å². The van der Waals surface area contributed by atoms with E-state index in [2.05, 4.69) is 0 Å². The topological polar surface area (TPSA) is 42.2 Å². The predicted molar refractivity (Wildman–Crippen MR) is 63.7 cm³/mol. The van der Waals surface area contributed by atoms with Crippen LogP contribution in [0.1, 0.15) is 31.2 Å². The predicted octanol–water partition coefficient (Wildman–Crippen LogP) is 2.42. The smallest absolute Gasteiger partial charge is 0.391 e. The van der Waals surface area contributed by atoms with Crippen LogP contribution in [0.3, 0.4) is 0 Å². The summed E-state index contributed by atoms with van der Waals surface area (Å²) < 4.78 is 38.6. The molecule has 3 nitrogen and oxygen atoms in total. The van der Waals surface area contributed by atoms with Crippen LogP contribution in [-0.4, -0.2) is 15.8 Å². The second kappa shape index (κ2) is 5.36. The maximum absolute atomic E-state index is 12.6. The molecular formula is C13H16F3NO2. The maximum Gasteiger partial charge on any atom is 0.417 e. The lowest BCUT2D eigenvalue weighted by Crippen LogP contribution is -2.30. The van der Waals surface area contributed by atoms with Gasteiger partial charge in [0.05, 0.1) is 18.2 Å². The fourth-order valence-corrected chi connectivity index (χ4v) is 2.53. The van der Waals surface area contributed by atoms with Gasteiger partial charge in [-0.25, -0.2) is 0 Å². The van der Waals surface area contributed by atoms with E-state index in [1.807, 2.05) is 0 Å². The van der Waals surface area contributed by atoms with Crippen molar-refractivity contribution in [2.24, 2.45) is 5.92 Å². The van der Waals surface area contributed by atoms with Crippen LogP contribution in [0, 0.1) is 5.92 Å². The second-order valence-electron chi connectivity index (χ2n) is 5.02. The molecule has 1 aliphatic carbocycles. The number of rotatable bonds is 3. The van der Waals surface area contributed by atoms with Gasteiger partial charge in [0.2, 0.25) is 0 Å². The Hall–Kier alpha value is -1.30. The summed E-state index contributed by atoms with van der Waals surface area (Å²) in [5.74, 6) is 0.0847. The summed E-state index contributed by atoms with van der Waals surface area (Å²) in [5.41, 5.74) is -1.39. The first kappa shape index (κ1) is 14.1. The highest BCUT2D eigenvalue weighted by Gasteiger charge is 2.31. The van der Waals surface area contributed by atoms with E-state index < -0.39 is 23.4 Å². The highest BCUT2D eigenvalue weighted by Crippen LogP contribution is 2.30. The molecule has 1 aromatic heterocycles. The van der Waals surface area contributed by atoms with E-state index in [0.29, 0.717) is 0 Å². The van der Waals surface area contributed by atoms with Crippen molar-refractivity contribution >= 4 is 0 Å². The third-order valence-electron chi connectivity index (χ3n) is 3.64. The monoisotopic (exact) mass is 275 g/mol. The minimum absolute atomic E-state index is 0.0760. The molecule has 0 bridgehead atoms. The Morgan fingerprint density at radius 3 is 2.53 bits per heavy atom. The van der Waals surface area contributed by atoms with E-state index >= 15 is 0 Å². The number of hydrogen-bond acceptors (Lipinski definition) is 2. The molecule has 19 heavy (non-hydrogen) atoms. The van der Waals surface area contributed by atoms with Crippen LogP contribution in [0.15, 0.2) is 23.1 Å². The molecule has 0 radical (unpaired) electrons. The van der Waals surface area contributed by atoms with Gasteiger partial charge in [-0.15, -0.1) is 0 Å². The van der Waals surface area contributed by atoms with Gasteiger partial charge in [0.15, 0.2) is 0 Å². The molecule has 0 spiro atoms. The zero-order valence-electron chi connectivity index (χ0n) is 10.4. The van der Waals surface area contributed by atoms with Crippen LogP contribution in [0.25, 0.3) is 0 Å². The third-order valence-corrected chi connectivity index (χ3v) is 3.64. The Kier molecular flexibility index (Phi) is 3.99. The van der Waals surface area contributed by atoms with Gasteiger partial charge >= 0.3 is 6.18 Å². The Morgan fingerprint density at radius 2 is 1.95 bits per heavy atom. The maximum atomic E-state index is 12.6. The standard InChI is InChI=1S/C13H16F3NO2/c14-13(15,16)10-5-6-12(19)17(7-10)8-11(18)9-3-1-2-4-9/h5-7,9,11,18H,1-4,8H2. The van der Waals surface area contributed by atoms with E-state index in [0.717, 1.165) is 48.6 Å². The van der Waals surface area contributed by atoms with Gasteiger partial charge in [-0.3, -0.25) is 4.79 Å². The van der Waals surface area contributed by atoms with Gasteiger partial charge < -0.3 is 9.67 Å². The second-order valence-corrected chi connectivity index (χ2v) is 5.02. The van der Waals surface area contributed by atoms with Crippen LogP contribution in [-0.2, 0) is 12.7 Å². The highest BCUT2D eigenvalue weighted by atomic mass is 19.4. The molecule has 106 valence electrons. The fourth-order valence-electron chi connectivity index (χ4n) is 2.53. The van der Waals surface area contributed by atoms with E-state index in [9.17, 15) is 23.1 Å². The Labute approximate surface area is 108 Å². The molecule has 1 aromatic rings. The average molecular weight is 275 g/mol. The number of nitrogens with zero attached hydrogens (tertiary/aromatic N) is 1. The first-order valence-electron chi connectivity index (χ1n) is 6.33. The summed E-state index contributed by atoms with van der Waals surface area (Å²) in [6, 6.07) is 1.66. The number of aromatic nitrogens is 1. The van der Waals surface area contributed by atoms with Crippen molar-refractivity contribution < 1.29 is 18.3 Å². The van der Waals surface area contributed by atoms with Crippen LogP contribution >= 0.6 is 0 Å². The van der Waals surface area contributed by atoms with Gasteiger partial charge in [0.25, 0.3) is 5.56 Å². The molecule has 0 saturated heterocycles.